The predicted molar refractivity (Wildman–Crippen MR) is 119 cm³/mol. The molecule has 0 aliphatic heterocycles. The first-order valence-corrected chi connectivity index (χ1v) is 13.0. The van der Waals surface area contributed by atoms with Crippen molar-refractivity contribution >= 4 is 33.2 Å². The quantitative estimate of drug-likeness (QED) is 0.436. The van der Waals surface area contributed by atoms with Gasteiger partial charge in [-0.25, -0.2) is 13.1 Å². The lowest BCUT2D eigenvalue weighted by Gasteiger charge is -2.08. The Bertz CT molecular complexity index is 1030. The number of amides is 2. The number of benzene rings is 1. The number of hydrogen-bond acceptors (Lipinski definition) is 5. The largest absolute Gasteiger partial charge is 0.279 e. The van der Waals surface area contributed by atoms with Crippen molar-refractivity contribution in [2.75, 3.05) is 0 Å². The fraction of sp³-hybridized carbons (Fsp3) is 0.455. The molecule has 7 nitrogen and oxygen atoms in total. The van der Waals surface area contributed by atoms with Gasteiger partial charge in [-0.15, -0.1) is 11.3 Å². The number of hydrogen-bond donors (Lipinski definition) is 3. The van der Waals surface area contributed by atoms with Gasteiger partial charge in [0.2, 0.25) is 15.9 Å². The summed E-state index contributed by atoms with van der Waals surface area (Å²) >= 11 is 1.51. The molecule has 0 bridgehead atoms. The highest BCUT2D eigenvalue weighted by atomic mass is 32.2. The molecular formula is C22H27N3O4S2. The third kappa shape index (κ3) is 5.93. The summed E-state index contributed by atoms with van der Waals surface area (Å²) in [5.41, 5.74) is 7.08. The molecule has 1 aromatic carbocycles. The molecule has 0 unspecified atom stereocenters. The van der Waals surface area contributed by atoms with Crippen LogP contribution in [-0.4, -0.2) is 26.3 Å². The third-order valence-corrected chi connectivity index (χ3v) is 8.33. The number of hydrazine groups is 1. The SMILES string of the molecule is O=C(CCc1ccc(S(=O)(=O)NC2CC2)cc1)NNC(=O)c1cc2c(s1)CCCCC2. The Hall–Kier alpha value is -2.23. The molecule has 166 valence electrons. The number of aryl methyl sites for hydroxylation is 3. The average Bonchev–Trinajstić information content (AvgIpc) is 3.52. The van der Waals surface area contributed by atoms with Gasteiger partial charge in [0.05, 0.1) is 9.77 Å². The molecule has 1 heterocycles. The minimum Gasteiger partial charge on any atom is -0.273 e. The van der Waals surface area contributed by atoms with Gasteiger partial charge in [0.15, 0.2) is 0 Å². The minimum atomic E-state index is -3.47. The molecule has 31 heavy (non-hydrogen) atoms. The van der Waals surface area contributed by atoms with Crippen LogP contribution < -0.4 is 15.6 Å². The van der Waals surface area contributed by atoms with Crippen molar-refractivity contribution < 1.29 is 18.0 Å². The summed E-state index contributed by atoms with van der Waals surface area (Å²) < 4.78 is 27.0. The number of sulfonamides is 1. The Balaban J connectivity index is 1.23. The van der Waals surface area contributed by atoms with Gasteiger partial charge in [-0.2, -0.15) is 0 Å². The molecule has 4 rings (SSSR count). The molecule has 0 saturated heterocycles. The molecule has 1 aromatic heterocycles. The molecule has 0 spiro atoms. The van der Waals surface area contributed by atoms with E-state index in [9.17, 15) is 18.0 Å². The van der Waals surface area contributed by atoms with E-state index in [1.54, 1.807) is 24.3 Å². The zero-order chi connectivity index (χ0) is 21.8. The Morgan fingerprint density at radius 3 is 2.48 bits per heavy atom. The number of carbonyl (C=O) groups excluding carboxylic acids is 2. The fourth-order valence-electron chi connectivity index (χ4n) is 3.61. The van der Waals surface area contributed by atoms with E-state index in [-0.39, 0.29) is 29.2 Å². The van der Waals surface area contributed by atoms with E-state index in [0.717, 1.165) is 44.1 Å². The summed E-state index contributed by atoms with van der Waals surface area (Å²) in [5.74, 6) is -0.581. The van der Waals surface area contributed by atoms with E-state index in [1.165, 1.54) is 28.2 Å². The highest BCUT2D eigenvalue weighted by Gasteiger charge is 2.27. The molecule has 2 aliphatic carbocycles. The minimum absolute atomic E-state index is 0.0627. The fourth-order valence-corrected chi connectivity index (χ4v) is 6.07. The number of thiophene rings is 1. The molecule has 1 fully saturated rings. The maximum absolute atomic E-state index is 12.4. The Labute approximate surface area is 186 Å². The average molecular weight is 462 g/mol. The molecule has 3 N–H and O–H groups in total. The number of carbonyl (C=O) groups is 2. The second kappa shape index (κ2) is 9.50. The van der Waals surface area contributed by atoms with Crippen LogP contribution in [0, 0.1) is 0 Å². The van der Waals surface area contributed by atoms with Crippen LogP contribution in [0.3, 0.4) is 0 Å². The van der Waals surface area contributed by atoms with E-state index in [4.69, 9.17) is 0 Å². The number of fused-ring (bicyclic) bond motifs is 1. The Kier molecular flexibility index (Phi) is 6.74. The smallest absolute Gasteiger partial charge is 0.273 e. The van der Waals surface area contributed by atoms with Crippen molar-refractivity contribution in [3.8, 4) is 0 Å². The molecule has 0 radical (unpaired) electrons. The first-order valence-electron chi connectivity index (χ1n) is 10.7. The monoisotopic (exact) mass is 461 g/mol. The Morgan fingerprint density at radius 1 is 1.00 bits per heavy atom. The summed E-state index contributed by atoms with van der Waals surface area (Å²) in [4.78, 5) is 26.6. The van der Waals surface area contributed by atoms with Gasteiger partial charge in [-0.1, -0.05) is 18.6 Å². The molecule has 1 saturated carbocycles. The zero-order valence-electron chi connectivity index (χ0n) is 17.3. The van der Waals surface area contributed by atoms with E-state index < -0.39 is 10.0 Å². The molecular weight excluding hydrogens is 434 g/mol. The summed E-state index contributed by atoms with van der Waals surface area (Å²) in [6, 6.07) is 8.55. The third-order valence-electron chi connectivity index (χ3n) is 5.56. The van der Waals surface area contributed by atoms with Crippen molar-refractivity contribution in [2.24, 2.45) is 0 Å². The van der Waals surface area contributed by atoms with E-state index in [0.29, 0.717) is 11.3 Å². The van der Waals surface area contributed by atoms with Crippen LogP contribution in [0.25, 0.3) is 0 Å². The van der Waals surface area contributed by atoms with E-state index in [2.05, 4.69) is 15.6 Å². The summed E-state index contributed by atoms with van der Waals surface area (Å²) in [5, 5.41) is 0. The van der Waals surface area contributed by atoms with Crippen molar-refractivity contribution in [2.45, 2.75) is 68.7 Å². The van der Waals surface area contributed by atoms with E-state index >= 15 is 0 Å². The lowest BCUT2D eigenvalue weighted by Crippen LogP contribution is -2.41. The Morgan fingerprint density at radius 2 is 1.74 bits per heavy atom. The van der Waals surface area contributed by atoms with Gasteiger partial charge < -0.3 is 0 Å². The highest BCUT2D eigenvalue weighted by molar-refractivity contribution is 7.89. The predicted octanol–water partition coefficient (Wildman–Crippen LogP) is 2.85. The highest BCUT2D eigenvalue weighted by Crippen LogP contribution is 2.28. The van der Waals surface area contributed by atoms with Crippen molar-refractivity contribution in [3.63, 3.8) is 0 Å². The van der Waals surface area contributed by atoms with Gasteiger partial charge >= 0.3 is 0 Å². The number of rotatable bonds is 7. The molecule has 2 aliphatic rings. The summed E-state index contributed by atoms with van der Waals surface area (Å²) in [6.45, 7) is 0. The van der Waals surface area contributed by atoms with Crippen molar-refractivity contribution in [3.05, 3.63) is 51.2 Å². The van der Waals surface area contributed by atoms with Gasteiger partial charge in [-0.05, 0) is 74.3 Å². The lowest BCUT2D eigenvalue weighted by molar-refractivity contribution is -0.121. The first kappa shape index (κ1) is 22.0. The van der Waals surface area contributed by atoms with Crippen LogP contribution in [0.15, 0.2) is 35.2 Å². The van der Waals surface area contributed by atoms with Crippen molar-refractivity contribution in [1.82, 2.24) is 15.6 Å². The van der Waals surface area contributed by atoms with Gasteiger partial charge in [0.1, 0.15) is 0 Å². The summed E-state index contributed by atoms with van der Waals surface area (Å²) in [7, 11) is -3.47. The topological polar surface area (TPSA) is 104 Å². The van der Waals surface area contributed by atoms with Gasteiger partial charge in [0.25, 0.3) is 5.91 Å². The second-order valence-corrected chi connectivity index (χ2v) is 11.0. The van der Waals surface area contributed by atoms with E-state index in [1.807, 2.05) is 6.07 Å². The molecule has 2 aromatic rings. The lowest BCUT2D eigenvalue weighted by atomic mass is 10.1. The normalized spacial score (nSPS) is 16.3. The summed E-state index contributed by atoms with van der Waals surface area (Å²) in [6.07, 6.45) is 8.00. The number of nitrogens with one attached hydrogen (secondary N) is 3. The van der Waals surface area contributed by atoms with Crippen molar-refractivity contribution in [1.29, 1.82) is 0 Å². The maximum Gasteiger partial charge on any atom is 0.279 e. The second-order valence-electron chi connectivity index (χ2n) is 8.16. The van der Waals surface area contributed by atoms with Crippen LogP contribution in [-0.2, 0) is 34.1 Å². The molecule has 0 atom stereocenters. The van der Waals surface area contributed by atoms with Crippen LogP contribution >= 0.6 is 11.3 Å². The maximum atomic E-state index is 12.4. The van der Waals surface area contributed by atoms with Crippen LogP contribution in [0.2, 0.25) is 0 Å². The van der Waals surface area contributed by atoms with Crippen LogP contribution in [0.5, 0.6) is 0 Å². The van der Waals surface area contributed by atoms with Gasteiger partial charge in [0, 0.05) is 17.3 Å². The van der Waals surface area contributed by atoms with Crippen LogP contribution in [0.4, 0.5) is 0 Å². The standard InChI is InChI=1S/C22H27N3O4S2/c26-21(23-24-22(27)20-14-16-4-2-1-3-5-19(16)30-20)13-8-15-6-11-18(12-7-15)31(28,29)25-17-9-10-17/h6-7,11-12,14,17,25H,1-5,8-10,13H2,(H,23,26)(H,24,27). The van der Waals surface area contributed by atoms with Gasteiger partial charge in [-0.3, -0.25) is 20.4 Å². The molecule has 2 amide bonds. The first-order chi connectivity index (χ1) is 14.9. The van der Waals surface area contributed by atoms with Crippen LogP contribution in [0.1, 0.15) is 64.2 Å². The molecule has 9 heteroatoms. The zero-order valence-corrected chi connectivity index (χ0v) is 18.9.